The first-order chi connectivity index (χ1) is 12.0. The molecule has 0 radical (unpaired) electrons. The van der Waals surface area contributed by atoms with Gasteiger partial charge in [0.2, 0.25) is 5.89 Å². The Morgan fingerprint density at radius 3 is 2.00 bits per heavy atom. The van der Waals surface area contributed by atoms with Crippen molar-refractivity contribution in [2.75, 3.05) is 0 Å². The van der Waals surface area contributed by atoms with Crippen LogP contribution in [0.5, 0.6) is 5.75 Å². The lowest BCUT2D eigenvalue weighted by atomic mass is 10.2. The van der Waals surface area contributed by atoms with Gasteiger partial charge in [0.05, 0.1) is 9.85 Å². The summed E-state index contributed by atoms with van der Waals surface area (Å²) in [4.78, 5) is 20.2. The minimum atomic E-state index is -0.502. The fourth-order valence-electron chi connectivity index (χ4n) is 1.96. The van der Waals surface area contributed by atoms with Crippen LogP contribution in [0, 0.1) is 20.2 Å². The van der Waals surface area contributed by atoms with Crippen molar-refractivity contribution in [3.63, 3.8) is 0 Å². The van der Waals surface area contributed by atoms with E-state index in [1.807, 2.05) is 0 Å². The van der Waals surface area contributed by atoms with E-state index < -0.39 is 9.85 Å². The molecule has 0 aliphatic rings. The number of nitrogens with zero attached hydrogens (tertiary/aromatic N) is 4. The van der Waals surface area contributed by atoms with Crippen molar-refractivity contribution < 1.29 is 19.0 Å². The van der Waals surface area contributed by atoms with Gasteiger partial charge in [-0.2, -0.15) is 0 Å². The summed E-state index contributed by atoms with van der Waals surface area (Å²) in [5.41, 5.74) is 0.468. The molecule has 0 atom stereocenters. The van der Waals surface area contributed by atoms with Crippen molar-refractivity contribution in [1.29, 1.82) is 0 Å². The van der Waals surface area contributed by atoms with Crippen molar-refractivity contribution >= 4 is 11.4 Å². The second-order valence-corrected chi connectivity index (χ2v) is 4.84. The highest BCUT2D eigenvalue weighted by molar-refractivity contribution is 5.55. The van der Waals surface area contributed by atoms with E-state index >= 15 is 0 Å². The molecule has 0 aliphatic heterocycles. The lowest BCUT2D eigenvalue weighted by Crippen LogP contribution is -1.96. The van der Waals surface area contributed by atoms with E-state index in [0.29, 0.717) is 11.3 Å². The van der Waals surface area contributed by atoms with Gasteiger partial charge in [0.15, 0.2) is 6.61 Å². The number of ether oxygens (including phenoxy) is 1. The summed E-state index contributed by atoms with van der Waals surface area (Å²) in [6, 6.07) is 11.3. The number of benzene rings is 2. The van der Waals surface area contributed by atoms with Gasteiger partial charge < -0.3 is 9.15 Å². The van der Waals surface area contributed by atoms with E-state index in [2.05, 4.69) is 10.2 Å². The lowest BCUT2D eigenvalue weighted by Gasteiger charge is -2.02. The van der Waals surface area contributed by atoms with E-state index in [1.165, 1.54) is 48.5 Å². The SMILES string of the molecule is O=[N+]([O-])c1ccc(OCc2nnc(-c3ccc([N+](=O)[O-])cc3)o2)cc1. The Bertz CT molecular complexity index is 905. The topological polar surface area (TPSA) is 134 Å². The van der Waals surface area contributed by atoms with Crippen molar-refractivity contribution in [3.8, 4) is 17.2 Å². The standard InChI is InChI=1S/C15H10N4O6/c20-18(21)11-3-1-10(2-4-11)15-17-16-14(25-15)9-24-13-7-5-12(6-8-13)19(22)23/h1-8H,9H2. The molecule has 0 N–H and O–H groups in total. The number of non-ortho nitro benzene ring substituents is 2. The van der Waals surface area contributed by atoms with Gasteiger partial charge in [-0.3, -0.25) is 20.2 Å². The molecule has 10 nitrogen and oxygen atoms in total. The van der Waals surface area contributed by atoms with Gasteiger partial charge in [-0.15, -0.1) is 10.2 Å². The zero-order chi connectivity index (χ0) is 17.8. The zero-order valence-corrected chi connectivity index (χ0v) is 12.6. The molecule has 0 bridgehead atoms. The Kier molecular flexibility index (Phi) is 4.33. The highest BCUT2D eigenvalue weighted by Crippen LogP contribution is 2.22. The summed E-state index contributed by atoms with van der Waals surface area (Å²) in [6.45, 7) is -0.0161. The Balaban J connectivity index is 1.65. The number of hydrogen-bond acceptors (Lipinski definition) is 8. The van der Waals surface area contributed by atoms with Gasteiger partial charge in [-0.05, 0) is 24.3 Å². The minimum absolute atomic E-state index is 0.0161. The van der Waals surface area contributed by atoms with Crippen LogP contribution in [0.4, 0.5) is 11.4 Å². The van der Waals surface area contributed by atoms with Crippen molar-refractivity contribution in [2.24, 2.45) is 0 Å². The van der Waals surface area contributed by atoms with Crippen LogP contribution in [0.2, 0.25) is 0 Å². The van der Waals surface area contributed by atoms with Crippen LogP contribution in [0.3, 0.4) is 0 Å². The molecule has 0 spiro atoms. The molecular weight excluding hydrogens is 332 g/mol. The van der Waals surface area contributed by atoms with E-state index in [-0.39, 0.29) is 29.8 Å². The van der Waals surface area contributed by atoms with Gasteiger partial charge in [0.1, 0.15) is 5.75 Å². The lowest BCUT2D eigenvalue weighted by molar-refractivity contribution is -0.385. The van der Waals surface area contributed by atoms with Crippen LogP contribution in [-0.2, 0) is 6.61 Å². The average molecular weight is 342 g/mol. The molecule has 2 aromatic carbocycles. The molecule has 0 aliphatic carbocycles. The molecule has 0 amide bonds. The smallest absolute Gasteiger partial charge is 0.269 e. The molecular formula is C15H10N4O6. The molecule has 0 saturated heterocycles. The number of nitro groups is 2. The number of rotatable bonds is 6. The van der Waals surface area contributed by atoms with Gasteiger partial charge in [-0.25, -0.2) is 0 Å². The first-order valence-electron chi connectivity index (χ1n) is 6.97. The monoisotopic (exact) mass is 342 g/mol. The number of hydrogen-bond donors (Lipinski definition) is 0. The molecule has 0 saturated carbocycles. The van der Waals surface area contributed by atoms with Crippen molar-refractivity contribution in [1.82, 2.24) is 10.2 Å². The van der Waals surface area contributed by atoms with Crippen LogP contribution in [0.15, 0.2) is 52.9 Å². The maximum absolute atomic E-state index is 10.6. The maximum Gasteiger partial charge on any atom is 0.269 e. The normalized spacial score (nSPS) is 10.4. The van der Waals surface area contributed by atoms with Gasteiger partial charge in [0.25, 0.3) is 17.3 Å². The summed E-state index contributed by atoms with van der Waals surface area (Å²) in [6.07, 6.45) is 0. The van der Waals surface area contributed by atoms with E-state index in [9.17, 15) is 20.2 Å². The second kappa shape index (κ2) is 6.74. The summed E-state index contributed by atoms with van der Waals surface area (Å²) >= 11 is 0. The highest BCUT2D eigenvalue weighted by Gasteiger charge is 2.12. The highest BCUT2D eigenvalue weighted by atomic mass is 16.6. The van der Waals surface area contributed by atoms with Crippen LogP contribution < -0.4 is 4.74 Å². The molecule has 1 heterocycles. The first-order valence-corrected chi connectivity index (χ1v) is 6.97. The minimum Gasteiger partial charge on any atom is -0.484 e. The molecule has 0 unspecified atom stereocenters. The fourth-order valence-corrected chi connectivity index (χ4v) is 1.96. The van der Waals surface area contributed by atoms with E-state index in [1.54, 1.807) is 0 Å². The third kappa shape index (κ3) is 3.75. The fraction of sp³-hybridized carbons (Fsp3) is 0.0667. The molecule has 25 heavy (non-hydrogen) atoms. The van der Waals surface area contributed by atoms with E-state index in [0.717, 1.165) is 0 Å². The van der Waals surface area contributed by atoms with Crippen molar-refractivity contribution in [3.05, 3.63) is 74.7 Å². The molecule has 0 fully saturated rings. The third-order valence-corrected chi connectivity index (χ3v) is 3.20. The summed E-state index contributed by atoms with van der Waals surface area (Å²) in [5.74, 6) is 0.824. The molecule has 1 aromatic heterocycles. The average Bonchev–Trinajstić information content (AvgIpc) is 3.09. The molecule has 10 heteroatoms. The van der Waals surface area contributed by atoms with Crippen LogP contribution >= 0.6 is 0 Å². The molecule has 126 valence electrons. The van der Waals surface area contributed by atoms with Gasteiger partial charge >= 0.3 is 0 Å². The Morgan fingerprint density at radius 1 is 0.880 bits per heavy atom. The van der Waals surface area contributed by atoms with Crippen molar-refractivity contribution in [2.45, 2.75) is 6.61 Å². The first kappa shape index (κ1) is 16.1. The number of aromatic nitrogens is 2. The molecule has 3 aromatic rings. The van der Waals surface area contributed by atoms with Crippen LogP contribution in [-0.4, -0.2) is 20.0 Å². The van der Waals surface area contributed by atoms with E-state index in [4.69, 9.17) is 9.15 Å². The number of nitro benzene ring substituents is 2. The predicted octanol–water partition coefficient (Wildman–Crippen LogP) is 3.13. The quantitative estimate of drug-likeness (QED) is 0.492. The van der Waals surface area contributed by atoms with Gasteiger partial charge in [-0.1, -0.05) is 0 Å². The Labute approximate surface area is 140 Å². The van der Waals surface area contributed by atoms with Gasteiger partial charge in [0, 0.05) is 29.8 Å². The Hall–Kier alpha value is -3.82. The van der Waals surface area contributed by atoms with Crippen LogP contribution in [0.1, 0.15) is 5.89 Å². The Morgan fingerprint density at radius 2 is 1.44 bits per heavy atom. The zero-order valence-electron chi connectivity index (χ0n) is 12.6. The largest absolute Gasteiger partial charge is 0.484 e. The summed E-state index contributed by atoms with van der Waals surface area (Å²) in [5, 5.41) is 28.9. The summed E-state index contributed by atoms with van der Waals surface area (Å²) in [7, 11) is 0. The second-order valence-electron chi connectivity index (χ2n) is 4.84. The predicted molar refractivity (Wildman–Crippen MR) is 83.8 cm³/mol. The van der Waals surface area contributed by atoms with Crippen LogP contribution in [0.25, 0.3) is 11.5 Å². The summed E-state index contributed by atoms with van der Waals surface area (Å²) < 4.78 is 10.8. The third-order valence-electron chi connectivity index (χ3n) is 3.20. The molecule has 3 rings (SSSR count). The maximum atomic E-state index is 10.6.